The van der Waals surface area contributed by atoms with Crippen molar-refractivity contribution < 1.29 is 4.43 Å². The number of hydrogen-bond donors (Lipinski definition) is 0. The summed E-state index contributed by atoms with van der Waals surface area (Å²) in [5.41, 5.74) is 0.894. The lowest BCUT2D eigenvalue weighted by Gasteiger charge is -2.40. The molecule has 2 aromatic rings. The lowest BCUT2D eigenvalue weighted by Crippen LogP contribution is -2.43. The van der Waals surface area contributed by atoms with Gasteiger partial charge >= 0.3 is 0 Å². The summed E-state index contributed by atoms with van der Waals surface area (Å²) in [6.07, 6.45) is 7.80. The van der Waals surface area contributed by atoms with E-state index in [0.717, 1.165) is 30.8 Å². The average Bonchev–Trinajstić information content (AvgIpc) is 2.81. The third kappa shape index (κ3) is 3.19. The number of imidazole rings is 1. The molecule has 1 aliphatic rings. The zero-order valence-electron chi connectivity index (χ0n) is 14.6. The third-order valence-corrected chi connectivity index (χ3v) is 10.3. The first-order valence-electron chi connectivity index (χ1n) is 8.30. The van der Waals surface area contributed by atoms with E-state index in [1.807, 2.05) is 12.4 Å². The molecule has 1 saturated carbocycles. The third-order valence-electron chi connectivity index (χ3n) is 5.53. The van der Waals surface area contributed by atoms with Crippen LogP contribution in [0.25, 0.3) is 5.52 Å². The molecule has 1 aliphatic carbocycles. The molecule has 0 bridgehead atoms. The van der Waals surface area contributed by atoms with Gasteiger partial charge in [0.25, 0.3) is 0 Å². The van der Waals surface area contributed by atoms with Gasteiger partial charge in [-0.25, -0.2) is 9.97 Å². The molecule has 0 aromatic carbocycles. The van der Waals surface area contributed by atoms with E-state index in [2.05, 4.69) is 48.2 Å². The quantitative estimate of drug-likeness (QED) is 0.735. The predicted octanol–water partition coefficient (Wildman–Crippen LogP) is 4.90. The van der Waals surface area contributed by atoms with Crippen molar-refractivity contribution in [3.8, 4) is 0 Å². The first-order chi connectivity index (χ1) is 10.7. The number of nitrogens with zero attached hydrogens (tertiary/aromatic N) is 3. The predicted molar refractivity (Wildman–Crippen MR) is 96.6 cm³/mol. The van der Waals surface area contributed by atoms with Crippen molar-refractivity contribution in [3.05, 3.63) is 29.6 Å². The van der Waals surface area contributed by atoms with Crippen molar-refractivity contribution in [1.82, 2.24) is 14.4 Å². The fourth-order valence-electron chi connectivity index (χ4n) is 2.84. The largest absolute Gasteiger partial charge is 0.417 e. The maximum atomic E-state index is 6.35. The SMILES string of the molecule is CC(C)(C)[Si](C)(C)OC[C@H]1C[C@H](c2ncc3c(Cl)nccn32)C1. The van der Waals surface area contributed by atoms with Crippen LogP contribution in [0.4, 0.5) is 0 Å². The molecular weight excluding hydrogens is 326 g/mol. The summed E-state index contributed by atoms with van der Waals surface area (Å²) in [6.45, 7) is 12.4. The zero-order chi connectivity index (χ0) is 16.8. The summed E-state index contributed by atoms with van der Waals surface area (Å²) in [7, 11) is -1.64. The summed E-state index contributed by atoms with van der Waals surface area (Å²) in [4.78, 5) is 8.67. The molecule has 1 fully saturated rings. The molecule has 0 N–H and O–H groups in total. The second-order valence-electron chi connectivity index (χ2n) is 8.20. The van der Waals surface area contributed by atoms with Crippen LogP contribution in [0.1, 0.15) is 45.4 Å². The minimum atomic E-state index is -1.64. The lowest BCUT2D eigenvalue weighted by atomic mass is 9.75. The van der Waals surface area contributed by atoms with Gasteiger partial charge in [-0.2, -0.15) is 0 Å². The van der Waals surface area contributed by atoms with E-state index in [9.17, 15) is 0 Å². The van der Waals surface area contributed by atoms with E-state index in [1.54, 1.807) is 6.20 Å². The van der Waals surface area contributed by atoms with E-state index in [1.165, 1.54) is 0 Å². The fourth-order valence-corrected chi connectivity index (χ4v) is 4.12. The Balaban J connectivity index is 1.60. The summed E-state index contributed by atoms with van der Waals surface area (Å²) >= 11 is 6.12. The van der Waals surface area contributed by atoms with Crippen molar-refractivity contribution in [1.29, 1.82) is 0 Å². The van der Waals surface area contributed by atoms with Gasteiger partial charge in [0.05, 0.1) is 6.20 Å². The van der Waals surface area contributed by atoms with Gasteiger partial charge in [-0.1, -0.05) is 32.4 Å². The van der Waals surface area contributed by atoms with E-state index >= 15 is 0 Å². The number of halogens is 1. The van der Waals surface area contributed by atoms with Crippen LogP contribution in [0.3, 0.4) is 0 Å². The highest BCUT2D eigenvalue weighted by atomic mass is 35.5. The van der Waals surface area contributed by atoms with Crippen molar-refractivity contribution in [2.75, 3.05) is 6.61 Å². The monoisotopic (exact) mass is 351 g/mol. The average molecular weight is 352 g/mol. The Hall–Kier alpha value is -0.913. The smallest absolute Gasteiger partial charge is 0.191 e. The molecule has 126 valence electrons. The number of aromatic nitrogens is 3. The number of fused-ring (bicyclic) bond motifs is 1. The highest BCUT2D eigenvalue weighted by Crippen LogP contribution is 2.43. The molecule has 3 rings (SSSR count). The maximum Gasteiger partial charge on any atom is 0.191 e. The van der Waals surface area contributed by atoms with Gasteiger partial charge in [0.1, 0.15) is 11.3 Å². The zero-order valence-corrected chi connectivity index (χ0v) is 16.4. The van der Waals surface area contributed by atoms with Gasteiger partial charge in [-0.15, -0.1) is 0 Å². The standard InChI is InChI=1S/C17H26ClN3OSi/c1-17(2,3)23(4,5)22-11-12-8-13(9-12)16-20-10-14-15(18)19-6-7-21(14)16/h6-7,10,12-13H,8-9,11H2,1-5H3/t12-,13-. The Kier molecular flexibility index (Phi) is 4.32. The molecule has 0 saturated heterocycles. The normalized spacial score (nSPS) is 22.3. The van der Waals surface area contributed by atoms with Crippen molar-refractivity contribution in [2.24, 2.45) is 5.92 Å². The highest BCUT2D eigenvalue weighted by molar-refractivity contribution is 6.74. The summed E-state index contributed by atoms with van der Waals surface area (Å²) < 4.78 is 8.43. The van der Waals surface area contributed by atoms with E-state index in [4.69, 9.17) is 16.0 Å². The number of rotatable bonds is 4. The second-order valence-corrected chi connectivity index (χ2v) is 13.4. The van der Waals surface area contributed by atoms with Crippen LogP contribution in [0, 0.1) is 5.92 Å². The molecule has 0 amide bonds. The molecule has 0 aliphatic heterocycles. The Morgan fingerprint density at radius 1 is 1.30 bits per heavy atom. The van der Waals surface area contributed by atoms with Crippen LogP contribution in [0.5, 0.6) is 0 Å². The highest BCUT2D eigenvalue weighted by Gasteiger charge is 2.40. The van der Waals surface area contributed by atoms with Gasteiger partial charge in [0.2, 0.25) is 0 Å². The molecule has 0 atom stereocenters. The van der Waals surface area contributed by atoms with Crippen LogP contribution < -0.4 is 0 Å². The molecule has 0 radical (unpaired) electrons. The fraction of sp³-hybridized carbons (Fsp3) is 0.647. The summed E-state index contributed by atoms with van der Waals surface area (Å²) in [5.74, 6) is 2.26. The topological polar surface area (TPSA) is 39.4 Å². The molecule has 23 heavy (non-hydrogen) atoms. The van der Waals surface area contributed by atoms with E-state index in [0.29, 0.717) is 17.0 Å². The number of hydrogen-bond acceptors (Lipinski definition) is 3. The molecule has 6 heteroatoms. The van der Waals surface area contributed by atoms with Gasteiger partial charge in [0.15, 0.2) is 13.5 Å². The first-order valence-corrected chi connectivity index (χ1v) is 11.6. The van der Waals surface area contributed by atoms with Crippen LogP contribution in [0.15, 0.2) is 18.6 Å². The molecule has 0 spiro atoms. The van der Waals surface area contributed by atoms with E-state index in [-0.39, 0.29) is 5.04 Å². The minimum absolute atomic E-state index is 0.277. The minimum Gasteiger partial charge on any atom is -0.417 e. The van der Waals surface area contributed by atoms with Crippen molar-refractivity contribution in [2.45, 2.75) is 57.7 Å². The van der Waals surface area contributed by atoms with Crippen LogP contribution in [-0.4, -0.2) is 29.3 Å². The van der Waals surface area contributed by atoms with Crippen LogP contribution in [-0.2, 0) is 4.43 Å². The van der Waals surface area contributed by atoms with Gasteiger partial charge in [0, 0.05) is 24.9 Å². The molecule has 2 aromatic heterocycles. The van der Waals surface area contributed by atoms with Gasteiger partial charge < -0.3 is 4.43 Å². The van der Waals surface area contributed by atoms with Crippen LogP contribution >= 0.6 is 11.6 Å². The Labute approximate surface area is 144 Å². The molecular formula is C17H26ClN3OSi. The molecule has 0 unspecified atom stereocenters. The lowest BCUT2D eigenvalue weighted by molar-refractivity contribution is 0.143. The van der Waals surface area contributed by atoms with Crippen molar-refractivity contribution in [3.63, 3.8) is 0 Å². The Morgan fingerprint density at radius 2 is 2.00 bits per heavy atom. The van der Waals surface area contributed by atoms with E-state index < -0.39 is 8.32 Å². The summed E-state index contributed by atoms with van der Waals surface area (Å²) in [6, 6.07) is 0. The molecule has 4 nitrogen and oxygen atoms in total. The van der Waals surface area contributed by atoms with Crippen LogP contribution in [0.2, 0.25) is 23.3 Å². The first kappa shape index (κ1) is 16.9. The Morgan fingerprint density at radius 3 is 2.65 bits per heavy atom. The van der Waals surface area contributed by atoms with Gasteiger partial charge in [-0.05, 0) is 36.9 Å². The second kappa shape index (κ2) is 5.87. The van der Waals surface area contributed by atoms with Crippen molar-refractivity contribution >= 4 is 25.4 Å². The Bertz CT molecular complexity index is 701. The maximum absolute atomic E-state index is 6.35. The molecule has 2 heterocycles. The summed E-state index contributed by atoms with van der Waals surface area (Å²) in [5, 5.41) is 0.794. The van der Waals surface area contributed by atoms with Gasteiger partial charge in [-0.3, -0.25) is 4.40 Å².